The summed E-state index contributed by atoms with van der Waals surface area (Å²) in [7, 11) is 1.99. The molecule has 1 saturated heterocycles. The molecular weight excluding hydrogens is 272 g/mol. The van der Waals surface area contributed by atoms with Crippen LogP contribution in [-0.2, 0) is 11.2 Å². The van der Waals surface area contributed by atoms with Gasteiger partial charge in [-0.1, -0.05) is 31.2 Å². The maximum Gasteiger partial charge on any atom is 0.222 e. The first-order chi connectivity index (χ1) is 10.7. The first-order valence-electron chi connectivity index (χ1n) is 8.75. The van der Waals surface area contributed by atoms with Gasteiger partial charge in [-0.25, -0.2) is 0 Å². The molecule has 1 heterocycles. The van der Waals surface area contributed by atoms with Gasteiger partial charge in [-0.05, 0) is 36.8 Å². The largest absolute Gasteiger partial charge is 0.343 e. The van der Waals surface area contributed by atoms with Gasteiger partial charge in [-0.3, -0.25) is 4.79 Å². The zero-order valence-electron chi connectivity index (χ0n) is 13.9. The van der Waals surface area contributed by atoms with E-state index >= 15 is 0 Å². The number of piperidine rings is 1. The Morgan fingerprint density at radius 2 is 2.00 bits per heavy atom. The standard InChI is InChI=1S/C19H28N2O/c1-3-6-19(22)20(2)17-9-11-21(12-10-17)14-16-13-15-7-4-5-8-18(15)16/h4-5,7-8,16-17H,3,6,9-14H2,1-2H3. The maximum atomic E-state index is 12.0. The van der Waals surface area contributed by atoms with Crippen LogP contribution in [0, 0.1) is 0 Å². The fourth-order valence-corrected chi connectivity index (χ4v) is 3.92. The van der Waals surface area contributed by atoms with Gasteiger partial charge in [0.15, 0.2) is 0 Å². The molecule has 3 heteroatoms. The summed E-state index contributed by atoms with van der Waals surface area (Å²) in [6, 6.07) is 9.29. The van der Waals surface area contributed by atoms with Crippen molar-refractivity contribution in [3.05, 3.63) is 35.4 Å². The molecule has 1 unspecified atom stereocenters. The normalized spacial score (nSPS) is 22.0. The molecule has 0 saturated carbocycles. The summed E-state index contributed by atoms with van der Waals surface area (Å²) < 4.78 is 0. The van der Waals surface area contributed by atoms with E-state index in [1.165, 1.54) is 18.5 Å². The predicted molar refractivity (Wildman–Crippen MR) is 90.0 cm³/mol. The van der Waals surface area contributed by atoms with Crippen LogP contribution in [0.3, 0.4) is 0 Å². The average Bonchev–Trinajstić information content (AvgIpc) is 2.53. The number of hydrogen-bond donors (Lipinski definition) is 0. The van der Waals surface area contributed by atoms with Gasteiger partial charge in [0, 0.05) is 45.1 Å². The molecule has 1 atom stereocenters. The molecule has 2 aliphatic rings. The third-order valence-electron chi connectivity index (χ3n) is 5.40. The molecule has 120 valence electrons. The van der Waals surface area contributed by atoms with E-state index in [2.05, 4.69) is 36.1 Å². The second-order valence-corrected chi connectivity index (χ2v) is 6.89. The molecule has 0 aromatic heterocycles. The van der Waals surface area contributed by atoms with Crippen LogP contribution >= 0.6 is 0 Å². The minimum Gasteiger partial charge on any atom is -0.343 e. The van der Waals surface area contributed by atoms with Crippen molar-refractivity contribution in [1.82, 2.24) is 9.80 Å². The Hall–Kier alpha value is -1.35. The van der Waals surface area contributed by atoms with Gasteiger partial charge in [0.25, 0.3) is 0 Å². The quantitative estimate of drug-likeness (QED) is 0.834. The van der Waals surface area contributed by atoms with Crippen LogP contribution < -0.4 is 0 Å². The number of carbonyl (C=O) groups excluding carboxylic acids is 1. The highest BCUT2D eigenvalue weighted by Crippen LogP contribution is 2.35. The number of fused-ring (bicyclic) bond motifs is 1. The second-order valence-electron chi connectivity index (χ2n) is 6.89. The van der Waals surface area contributed by atoms with Gasteiger partial charge in [0.1, 0.15) is 0 Å². The summed E-state index contributed by atoms with van der Waals surface area (Å²) in [5.41, 5.74) is 3.09. The molecule has 1 aliphatic carbocycles. The highest BCUT2D eigenvalue weighted by molar-refractivity contribution is 5.76. The van der Waals surface area contributed by atoms with E-state index in [4.69, 9.17) is 0 Å². The molecule has 3 rings (SSSR count). The van der Waals surface area contributed by atoms with Crippen LogP contribution in [0.25, 0.3) is 0 Å². The van der Waals surface area contributed by atoms with Crippen molar-refractivity contribution in [2.75, 3.05) is 26.7 Å². The van der Waals surface area contributed by atoms with Gasteiger partial charge in [-0.2, -0.15) is 0 Å². The van der Waals surface area contributed by atoms with E-state index in [-0.39, 0.29) is 0 Å². The summed E-state index contributed by atoms with van der Waals surface area (Å²) in [6.45, 7) is 5.53. The Labute approximate surface area is 134 Å². The van der Waals surface area contributed by atoms with Gasteiger partial charge >= 0.3 is 0 Å². The number of rotatable bonds is 5. The van der Waals surface area contributed by atoms with E-state index in [9.17, 15) is 4.79 Å². The molecule has 1 aromatic carbocycles. The Kier molecular flexibility index (Phi) is 4.82. The smallest absolute Gasteiger partial charge is 0.222 e. The zero-order valence-corrected chi connectivity index (χ0v) is 13.9. The highest BCUT2D eigenvalue weighted by Gasteiger charge is 2.30. The van der Waals surface area contributed by atoms with Crippen LogP contribution in [0.1, 0.15) is 49.7 Å². The Morgan fingerprint density at radius 3 is 2.68 bits per heavy atom. The number of benzene rings is 1. The van der Waals surface area contributed by atoms with Gasteiger partial charge < -0.3 is 9.80 Å². The summed E-state index contributed by atoms with van der Waals surface area (Å²) in [4.78, 5) is 16.6. The minimum absolute atomic E-state index is 0.314. The Morgan fingerprint density at radius 1 is 1.27 bits per heavy atom. The number of likely N-dealkylation sites (tertiary alicyclic amines) is 1. The van der Waals surface area contributed by atoms with E-state index < -0.39 is 0 Å². The number of nitrogens with zero attached hydrogens (tertiary/aromatic N) is 2. The van der Waals surface area contributed by atoms with Crippen molar-refractivity contribution in [3.63, 3.8) is 0 Å². The molecule has 0 bridgehead atoms. The van der Waals surface area contributed by atoms with E-state index in [1.54, 1.807) is 5.56 Å². The Bertz CT molecular complexity index is 520. The summed E-state index contributed by atoms with van der Waals surface area (Å²) in [5.74, 6) is 1.04. The van der Waals surface area contributed by atoms with Crippen LogP contribution in [0.4, 0.5) is 0 Å². The lowest BCUT2D eigenvalue weighted by Gasteiger charge is -2.40. The molecule has 0 radical (unpaired) electrons. The average molecular weight is 300 g/mol. The summed E-state index contributed by atoms with van der Waals surface area (Å²) in [5, 5.41) is 0. The number of carbonyl (C=O) groups is 1. The van der Waals surface area contributed by atoms with Crippen LogP contribution in [-0.4, -0.2) is 48.4 Å². The maximum absolute atomic E-state index is 12.0. The van der Waals surface area contributed by atoms with Crippen LogP contribution in [0.15, 0.2) is 24.3 Å². The molecule has 22 heavy (non-hydrogen) atoms. The molecule has 0 spiro atoms. The molecule has 1 fully saturated rings. The van der Waals surface area contributed by atoms with Crippen molar-refractivity contribution in [3.8, 4) is 0 Å². The lowest BCUT2D eigenvalue weighted by atomic mass is 9.77. The van der Waals surface area contributed by atoms with Crippen molar-refractivity contribution in [2.45, 2.75) is 51.0 Å². The lowest BCUT2D eigenvalue weighted by Crippen LogP contribution is -2.47. The minimum atomic E-state index is 0.314. The van der Waals surface area contributed by atoms with E-state index in [1.807, 2.05) is 11.9 Å². The molecule has 0 N–H and O–H groups in total. The third-order valence-corrected chi connectivity index (χ3v) is 5.40. The molecule has 1 aliphatic heterocycles. The monoisotopic (exact) mass is 300 g/mol. The Balaban J connectivity index is 1.46. The third kappa shape index (κ3) is 3.19. The zero-order chi connectivity index (χ0) is 15.5. The van der Waals surface area contributed by atoms with Gasteiger partial charge in [0.2, 0.25) is 5.91 Å². The van der Waals surface area contributed by atoms with Crippen molar-refractivity contribution in [1.29, 1.82) is 0 Å². The molecule has 3 nitrogen and oxygen atoms in total. The number of amides is 1. The fourth-order valence-electron chi connectivity index (χ4n) is 3.92. The molecular formula is C19H28N2O. The van der Waals surface area contributed by atoms with Crippen molar-refractivity contribution in [2.24, 2.45) is 0 Å². The molecule has 1 amide bonds. The number of hydrogen-bond acceptors (Lipinski definition) is 2. The first kappa shape index (κ1) is 15.5. The van der Waals surface area contributed by atoms with Crippen molar-refractivity contribution >= 4 is 5.91 Å². The van der Waals surface area contributed by atoms with E-state index in [0.29, 0.717) is 18.4 Å². The summed E-state index contributed by atoms with van der Waals surface area (Å²) in [6.07, 6.45) is 5.13. The molecule has 1 aromatic rings. The van der Waals surface area contributed by atoms with Crippen LogP contribution in [0.5, 0.6) is 0 Å². The predicted octanol–water partition coefficient (Wildman–Crippen LogP) is 3.05. The van der Waals surface area contributed by atoms with Gasteiger partial charge in [0.05, 0.1) is 0 Å². The second kappa shape index (κ2) is 6.82. The lowest BCUT2D eigenvalue weighted by molar-refractivity contribution is -0.132. The fraction of sp³-hybridized carbons (Fsp3) is 0.632. The summed E-state index contributed by atoms with van der Waals surface area (Å²) >= 11 is 0. The highest BCUT2D eigenvalue weighted by atomic mass is 16.2. The van der Waals surface area contributed by atoms with Crippen molar-refractivity contribution < 1.29 is 4.79 Å². The topological polar surface area (TPSA) is 23.6 Å². The van der Waals surface area contributed by atoms with Gasteiger partial charge in [-0.15, -0.1) is 0 Å². The van der Waals surface area contributed by atoms with Crippen LogP contribution in [0.2, 0.25) is 0 Å². The first-order valence-corrected chi connectivity index (χ1v) is 8.75. The SMILES string of the molecule is CCCC(=O)N(C)C1CCN(CC2Cc3ccccc32)CC1. The van der Waals surface area contributed by atoms with E-state index in [0.717, 1.165) is 38.3 Å².